The van der Waals surface area contributed by atoms with Crippen molar-refractivity contribution in [1.82, 2.24) is 9.80 Å². The fourth-order valence-electron chi connectivity index (χ4n) is 6.56. The second-order valence-corrected chi connectivity index (χ2v) is 9.92. The topological polar surface area (TPSA) is 104 Å². The van der Waals surface area contributed by atoms with Crippen LogP contribution in [0.1, 0.15) is 22.3 Å². The van der Waals surface area contributed by atoms with Crippen LogP contribution in [-0.4, -0.2) is 36.0 Å². The van der Waals surface area contributed by atoms with Gasteiger partial charge in [0.1, 0.15) is 0 Å². The molecule has 7 rings (SSSR count). The summed E-state index contributed by atoms with van der Waals surface area (Å²) in [5.74, 6) is 0. The lowest BCUT2D eigenvalue weighted by atomic mass is 9.83. The van der Waals surface area contributed by atoms with Crippen LogP contribution in [0.5, 0.6) is 0 Å². The lowest BCUT2D eigenvalue weighted by Gasteiger charge is -2.31. The average molecular weight is 473 g/mol. The van der Waals surface area contributed by atoms with Gasteiger partial charge in [-0.3, -0.25) is 9.80 Å². The quantitative estimate of drug-likeness (QED) is 0.0873. The molecule has 0 bridgehead atoms. The molecule has 0 unspecified atom stereocenters. The Morgan fingerprint density at radius 1 is 0.528 bits per heavy atom. The first-order valence-electron chi connectivity index (χ1n) is 12.4. The molecular weight excluding hydrogens is 448 g/mol. The Hall–Kier alpha value is -4.06. The van der Waals surface area contributed by atoms with Crippen molar-refractivity contribution < 1.29 is 0 Å². The summed E-state index contributed by atoms with van der Waals surface area (Å²) in [7, 11) is 0. The van der Waals surface area contributed by atoms with E-state index in [1.165, 1.54) is 65.3 Å². The second-order valence-electron chi connectivity index (χ2n) is 9.92. The SMILES string of the molecule is [N-]=[N+]=NCCN1Cc2ccc3c4ccc5c6c(ccc(c7ccc(c2c37)C1)c64)CN(CCN=[N+]=[N-])C5. The first kappa shape index (κ1) is 21.2. The number of hydrogen-bond donors (Lipinski definition) is 0. The molecule has 0 aliphatic carbocycles. The summed E-state index contributed by atoms with van der Waals surface area (Å²) in [6.07, 6.45) is 0. The molecule has 2 aliphatic heterocycles. The predicted octanol–water partition coefficient (Wildman–Crippen LogP) is 6.99. The Morgan fingerprint density at radius 2 is 0.861 bits per heavy atom. The Balaban J connectivity index is 1.41. The van der Waals surface area contributed by atoms with E-state index in [9.17, 15) is 0 Å². The molecule has 8 nitrogen and oxygen atoms in total. The van der Waals surface area contributed by atoms with Crippen LogP contribution in [0.2, 0.25) is 0 Å². The molecule has 0 N–H and O–H groups in total. The van der Waals surface area contributed by atoms with Gasteiger partial charge in [0.05, 0.1) is 0 Å². The van der Waals surface area contributed by atoms with Crippen molar-refractivity contribution in [1.29, 1.82) is 0 Å². The maximum Gasteiger partial charge on any atom is 0.0386 e. The molecule has 2 heterocycles. The normalized spacial score (nSPS) is 15.6. The maximum absolute atomic E-state index is 8.65. The van der Waals surface area contributed by atoms with E-state index in [-0.39, 0.29) is 0 Å². The Kier molecular flexibility index (Phi) is 4.87. The van der Waals surface area contributed by atoms with Gasteiger partial charge >= 0.3 is 0 Å². The van der Waals surface area contributed by atoms with Gasteiger partial charge in [-0.25, -0.2) is 0 Å². The second kappa shape index (κ2) is 8.26. The smallest absolute Gasteiger partial charge is 0.0386 e. The Morgan fingerprint density at radius 3 is 1.17 bits per heavy atom. The zero-order valence-corrected chi connectivity index (χ0v) is 19.9. The molecule has 8 heteroatoms. The van der Waals surface area contributed by atoms with Gasteiger partial charge in [-0.2, -0.15) is 0 Å². The van der Waals surface area contributed by atoms with Gasteiger partial charge < -0.3 is 0 Å². The summed E-state index contributed by atoms with van der Waals surface area (Å²) in [5, 5.41) is 18.3. The van der Waals surface area contributed by atoms with Crippen LogP contribution in [0.15, 0.2) is 58.8 Å². The Bertz CT molecular complexity index is 1550. The highest BCUT2D eigenvalue weighted by molar-refractivity contribution is 6.34. The van der Waals surface area contributed by atoms with E-state index in [0.29, 0.717) is 13.1 Å². The van der Waals surface area contributed by atoms with Crippen LogP contribution in [0.3, 0.4) is 0 Å². The number of rotatable bonds is 6. The van der Waals surface area contributed by atoms with Crippen LogP contribution >= 0.6 is 0 Å². The first-order valence-corrected chi connectivity index (χ1v) is 12.4. The molecule has 5 aromatic rings. The summed E-state index contributed by atoms with van der Waals surface area (Å²) in [5.41, 5.74) is 22.7. The molecule has 0 amide bonds. The molecule has 0 saturated heterocycles. The van der Waals surface area contributed by atoms with Crippen molar-refractivity contribution in [2.24, 2.45) is 10.2 Å². The standard InChI is InChI=1S/C28H24N8/c29-33-31-9-11-35-13-17-1-5-21-22-6-3-19-15-36(12-10-32-34-30)16-20-4-8-24(28(22)26(19)20)23-7-2-18(14-35)25(17)27(21)23/h1-8H,9-16H2. The lowest BCUT2D eigenvalue weighted by Crippen LogP contribution is -2.29. The molecule has 0 aromatic heterocycles. The van der Waals surface area contributed by atoms with Gasteiger partial charge in [0.15, 0.2) is 0 Å². The van der Waals surface area contributed by atoms with E-state index in [4.69, 9.17) is 11.1 Å². The minimum absolute atomic E-state index is 0.494. The molecule has 0 atom stereocenters. The third-order valence-corrected chi connectivity index (χ3v) is 7.98. The molecular formula is C28H24N8. The van der Waals surface area contributed by atoms with Crippen molar-refractivity contribution >= 4 is 43.1 Å². The third-order valence-electron chi connectivity index (χ3n) is 7.98. The minimum atomic E-state index is 0.494. The molecule has 0 fully saturated rings. The molecule has 36 heavy (non-hydrogen) atoms. The summed E-state index contributed by atoms with van der Waals surface area (Å²) >= 11 is 0. The fourth-order valence-corrected chi connectivity index (χ4v) is 6.56. The molecule has 2 aliphatic rings. The summed E-state index contributed by atoms with van der Waals surface area (Å²) in [6.45, 7) is 6.02. The van der Waals surface area contributed by atoms with Crippen molar-refractivity contribution in [2.45, 2.75) is 26.2 Å². The number of nitrogens with zero attached hydrogens (tertiary/aromatic N) is 8. The first-order chi connectivity index (χ1) is 17.8. The summed E-state index contributed by atoms with van der Waals surface area (Å²) in [6, 6.07) is 18.4. The van der Waals surface area contributed by atoms with Gasteiger partial charge in [-0.1, -0.05) is 58.8 Å². The van der Waals surface area contributed by atoms with Crippen LogP contribution in [0.4, 0.5) is 0 Å². The van der Waals surface area contributed by atoms with E-state index >= 15 is 0 Å². The Labute approximate surface area is 207 Å². The highest BCUT2D eigenvalue weighted by Gasteiger charge is 2.25. The molecule has 5 aromatic carbocycles. The van der Waals surface area contributed by atoms with Crippen LogP contribution < -0.4 is 0 Å². The third kappa shape index (κ3) is 3.10. The monoisotopic (exact) mass is 472 g/mol. The minimum Gasteiger partial charge on any atom is -0.295 e. The number of azide groups is 2. The zero-order chi connectivity index (χ0) is 24.2. The van der Waals surface area contributed by atoms with Crippen LogP contribution in [0, 0.1) is 0 Å². The van der Waals surface area contributed by atoms with E-state index in [1.807, 2.05) is 0 Å². The van der Waals surface area contributed by atoms with E-state index < -0.39 is 0 Å². The number of hydrogen-bond acceptors (Lipinski definition) is 4. The van der Waals surface area contributed by atoms with E-state index in [2.05, 4.69) is 78.4 Å². The average Bonchev–Trinajstić information content (AvgIpc) is 2.90. The van der Waals surface area contributed by atoms with Gasteiger partial charge in [0, 0.05) is 62.2 Å². The highest BCUT2D eigenvalue weighted by atomic mass is 15.2. The van der Waals surface area contributed by atoms with Gasteiger partial charge in [-0.05, 0) is 76.4 Å². The van der Waals surface area contributed by atoms with Crippen LogP contribution in [-0.2, 0) is 26.2 Å². The van der Waals surface area contributed by atoms with Crippen molar-refractivity contribution in [3.63, 3.8) is 0 Å². The predicted molar refractivity (Wildman–Crippen MR) is 144 cm³/mol. The van der Waals surface area contributed by atoms with Crippen molar-refractivity contribution in [2.75, 3.05) is 26.2 Å². The number of fused-ring (bicyclic) bond motifs is 2. The van der Waals surface area contributed by atoms with E-state index in [1.54, 1.807) is 0 Å². The molecule has 0 radical (unpaired) electrons. The van der Waals surface area contributed by atoms with E-state index in [0.717, 1.165) is 39.3 Å². The van der Waals surface area contributed by atoms with Crippen molar-refractivity contribution in [3.05, 3.63) is 91.7 Å². The summed E-state index contributed by atoms with van der Waals surface area (Å²) in [4.78, 5) is 10.5. The van der Waals surface area contributed by atoms with Gasteiger partial charge in [0.25, 0.3) is 0 Å². The zero-order valence-electron chi connectivity index (χ0n) is 19.9. The van der Waals surface area contributed by atoms with Gasteiger partial charge in [-0.15, -0.1) is 0 Å². The summed E-state index contributed by atoms with van der Waals surface area (Å²) < 4.78 is 0. The molecule has 0 saturated carbocycles. The van der Waals surface area contributed by atoms with Crippen LogP contribution in [0.25, 0.3) is 64.0 Å². The maximum atomic E-state index is 8.65. The number of benzene rings is 5. The lowest BCUT2D eigenvalue weighted by molar-refractivity contribution is 0.260. The van der Waals surface area contributed by atoms with Crippen molar-refractivity contribution in [3.8, 4) is 0 Å². The molecule has 0 spiro atoms. The largest absolute Gasteiger partial charge is 0.295 e. The van der Waals surface area contributed by atoms with Gasteiger partial charge in [0.2, 0.25) is 0 Å². The fraction of sp³-hybridized carbons (Fsp3) is 0.286. The highest BCUT2D eigenvalue weighted by Crippen LogP contribution is 2.46. The molecule has 176 valence electrons.